The molecule has 0 radical (unpaired) electrons. The molecule has 59 heavy (non-hydrogen) atoms. The Bertz CT molecular complexity index is 1360. The molecule has 0 aliphatic heterocycles. The Labute approximate surface area is 355 Å². The van der Waals surface area contributed by atoms with Crippen LogP contribution in [0.3, 0.4) is 0 Å². The average molecular weight is 846 g/mol. The van der Waals surface area contributed by atoms with Crippen molar-refractivity contribution >= 4 is 19.8 Å². The van der Waals surface area contributed by atoms with Gasteiger partial charge in [-0.3, -0.25) is 18.6 Å². The molecule has 0 saturated carbocycles. The SMILES string of the molecule is CC/C=C\C[C@@H](O)/C=C/C=C\C/C=C\C=C\[C@@H](O)/C=C\CCCC(=O)OC[C@H](COP(=O)(O)OCCN)OC(=O)CCC/C=C\C/C=C\C/C=C\CCCCCCCC. The number of hydrogen-bond donors (Lipinski definition) is 4. The number of unbranched alkanes of at least 4 members (excludes halogenated alkanes) is 8. The predicted molar refractivity (Wildman–Crippen MR) is 240 cm³/mol. The number of allylic oxidation sites excluding steroid dienone is 14. The van der Waals surface area contributed by atoms with Crippen molar-refractivity contribution in [3.8, 4) is 0 Å². The summed E-state index contributed by atoms with van der Waals surface area (Å²) in [6.45, 7) is 3.22. The Balaban J connectivity index is 4.52. The van der Waals surface area contributed by atoms with Crippen LogP contribution in [0.1, 0.15) is 129 Å². The molecule has 334 valence electrons. The van der Waals surface area contributed by atoms with Crippen LogP contribution in [-0.2, 0) is 32.7 Å². The van der Waals surface area contributed by atoms with Crippen molar-refractivity contribution < 1.29 is 47.8 Å². The average Bonchev–Trinajstić information content (AvgIpc) is 3.21. The number of carbonyl (C=O) groups excluding carboxylic acids is 2. The zero-order valence-electron chi connectivity index (χ0n) is 35.9. The van der Waals surface area contributed by atoms with Crippen molar-refractivity contribution in [2.24, 2.45) is 5.73 Å². The van der Waals surface area contributed by atoms with Crippen molar-refractivity contribution in [3.63, 3.8) is 0 Å². The maximum Gasteiger partial charge on any atom is 0.472 e. The van der Waals surface area contributed by atoms with E-state index in [4.69, 9.17) is 24.3 Å². The number of aliphatic hydroxyl groups excluding tert-OH is 2. The van der Waals surface area contributed by atoms with E-state index < -0.39 is 44.7 Å². The maximum atomic E-state index is 12.6. The molecule has 1 unspecified atom stereocenters. The third kappa shape index (κ3) is 41.1. The zero-order valence-corrected chi connectivity index (χ0v) is 36.8. The van der Waals surface area contributed by atoms with E-state index in [1.807, 2.05) is 48.6 Å². The third-order valence-corrected chi connectivity index (χ3v) is 9.30. The number of nitrogens with two attached hydrogens (primary N) is 1. The first-order valence-electron chi connectivity index (χ1n) is 21.6. The number of hydrogen-bond acceptors (Lipinski definition) is 10. The monoisotopic (exact) mass is 846 g/mol. The van der Waals surface area contributed by atoms with E-state index in [1.54, 1.807) is 30.4 Å². The van der Waals surface area contributed by atoms with Crippen LogP contribution < -0.4 is 5.73 Å². The molecule has 0 fully saturated rings. The predicted octanol–water partition coefficient (Wildman–Crippen LogP) is 10.3. The van der Waals surface area contributed by atoms with E-state index in [1.165, 1.54) is 38.5 Å². The number of carbonyl (C=O) groups is 2. The molecule has 0 bridgehead atoms. The van der Waals surface area contributed by atoms with Gasteiger partial charge in [-0.2, -0.15) is 0 Å². The first-order chi connectivity index (χ1) is 28.6. The van der Waals surface area contributed by atoms with Gasteiger partial charge in [0, 0.05) is 19.4 Å². The molecular formula is C47H76NO10P. The highest BCUT2D eigenvalue weighted by Crippen LogP contribution is 2.43. The van der Waals surface area contributed by atoms with Crippen LogP contribution in [0.25, 0.3) is 0 Å². The van der Waals surface area contributed by atoms with E-state index in [2.05, 4.69) is 44.2 Å². The van der Waals surface area contributed by atoms with Gasteiger partial charge in [-0.15, -0.1) is 0 Å². The van der Waals surface area contributed by atoms with Crippen LogP contribution >= 0.6 is 7.82 Å². The molecule has 0 heterocycles. The Hall–Kier alpha value is -3.41. The smallest absolute Gasteiger partial charge is 0.462 e. The van der Waals surface area contributed by atoms with Crippen molar-refractivity contribution in [2.75, 3.05) is 26.4 Å². The van der Waals surface area contributed by atoms with Crippen LogP contribution in [0.2, 0.25) is 0 Å². The van der Waals surface area contributed by atoms with Gasteiger partial charge in [0.2, 0.25) is 0 Å². The molecule has 12 heteroatoms. The molecule has 0 aromatic carbocycles. The van der Waals surface area contributed by atoms with Crippen molar-refractivity contribution in [3.05, 3.63) is 109 Å². The van der Waals surface area contributed by atoms with Gasteiger partial charge in [0.25, 0.3) is 0 Å². The summed E-state index contributed by atoms with van der Waals surface area (Å²) in [5.41, 5.74) is 5.33. The third-order valence-electron chi connectivity index (χ3n) is 8.32. The lowest BCUT2D eigenvalue weighted by Gasteiger charge is -2.19. The Morgan fingerprint density at radius 1 is 0.627 bits per heavy atom. The summed E-state index contributed by atoms with van der Waals surface area (Å²) in [5, 5.41) is 20.0. The number of rotatable bonds is 38. The maximum absolute atomic E-state index is 12.6. The number of phosphoric ester groups is 1. The van der Waals surface area contributed by atoms with E-state index in [0.717, 1.165) is 25.7 Å². The molecule has 4 atom stereocenters. The fourth-order valence-corrected chi connectivity index (χ4v) is 5.86. The highest BCUT2D eigenvalue weighted by atomic mass is 31.2. The van der Waals surface area contributed by atoms with Gasteiger partial charge in [-0.1, -0.05) is 155 Å². The molecule has 0 aromatic heterocycles. The molecular weight excluding hydrogens is 769 g/mol. The lowest BCUT2D eigenvalue weighted by Crippen LogP contribution is -2.29. The zero-order chi connectivity index (χ0) is 43.5. The van der Waals surface area contributed by atoms with Crippen molar-refractivity contribution in [1.82, 2.24) is 0 Å². The lowest BCUT2D eigenvalue weighted by molar-refractivity contribution is -0.161. The standard InChI is InChI=1S/C47H76NO10P/c1-3-5-7-8-9-10-11-12-13-14-15-16-17-18-22-25-31-38-47(52)58-45(42-57-59(53,54)56-40-39-48)41-55-46(51)37-32-26-30-36-44(50)35-29-24-21-19-20-23-28-34-43(49)33-27-6-4-2/h6,12-13,15-16,18,20-24,27-30,34-36,43-45,49-50H,3-5,7-11,14,17,19,25-26,31-33,37-42,48H2,1-2H3,(H,53,54)/b13-12-,16-15-,22-18-,23-20-,24-21-,27-6-,34-28+,35-29+,36-30-/t43-,44-,45-/m1/s1. The van der Waals surface area contributed by atoms with Gasteiger partial charge < -0.3 is 30.3 Å². The second-order valence-electron chi connectivity index (χ2n) is 13.9. The summed E-state index contributed by atoms with van der Waals surface area (Å²) in [7, 11) is -4.45. The van der Waals surface area contributed by atoms with E-state index in [9.17, 15) is 29.3 Å². The minimum absolute atomic E-state index is 0.0101. The van der Waals surface area contributed by atoms with Gasteiger partial charge in [0.05, 0.1) is 25.4 Å². The first-order valence-corrected chi connectivity index (χ1v) is 23.1. The molecule has 0 amide bonds. The number of phosphoric acid groups is 1. The Morgan fingerprint density at radius 2 is 1.22 bits per heavy atom. The summed E-state index contributed by atoms with van der Waals surface area (Å²) in [6, 6.07) is 0. The van der Waals surface area contributed by atoms with Crippen molar-refractivity contribution in [2.45, 2.75) is 148 Å². The fourth-order valence-electron chi connectivity index (χ4n) is 5.09. The van der Waals surface area contributed by atoms with Gasteiger partial charge >= 0.3 is 19.8 Å². The van der Waals surface area contributed by atoms with Gasteiger partial charge in [-0.25, -0.2) is 4.57 Å². The van der Waals surface area contributed by atoms with Gasteiger partial charge in [0.15, 0.2) is 6.10 Å². The number of esters is 2. The van der Waals surface area contributed by atoms with Crippen LogP contribution in [0.15, 0.2) is 109 Å². The summed E-state index contributed by atoms with van der Waals surface area (Å²) in [5.74, 6) is -1.09. The summed E-state index contributed by atoms with van der Waals surface area (Å²) in [4.78, 5) is 34.8. The number of aliphatic hydroxyl groups is 2. The summed E-state index contributed by atoms with van der Waals surface area (Å²) < 4.78 is 32.5. The molecule has 0 spiro atoms. The molecule has 5 N–H and O–H groups in total. The molecule has 0 aliphatic carbocycles. The van der Waals surface area contributed by atoms with Crippen LogP contribution in [0.4, 0.5) is 0 Å². The quantitative estimate of drug-likeness (QED) is 0.0153. The van der Waals surface area contributed by atoms with E-state index >= 15 is 0 Å². The minimum Gasteiger partial charge on any atom is -0.462 e. The largest absolute Gasteiger partial charge is 0.472 e. The van der Waals surface area contributed by atoms with Crippen LogP contribution in [-0.4, -0.2) is 71.7 Å². The molecule has 0 saturated heterocycles. The fraction of sp³-hybridized carbons (Fsp3) is 0.574. The first kappa shape index (κ1) is 55.6. The molecule has 0 aromatic rings. The van der Waals surface area contributed by atoms with Gasteiger partial charge in [-0.05, 0) is 70.6 Å². The Morgan fingerprint density at radius 3 is 1.90 bits per heavy atom. The topological polar surface area (TPSA) is 175 Å². The van der Waals surface area contributed by atoms with Gasteiger partial charge in [0.1, 0.15) is 6.61 Å². The van der Waals surface area contributed by atoms with E-state index in [-0.39, 0.29) is 32.6 Å². The lowest BCUT2D eigenvalue weighted by atomic mass is 10.1. The highest BCUT2D eigenvalue weighted by molar-refractivity contribution is 7.47. The number of ether oxygens (including phenoxy) is 2. The second kappa shape index (κ2) is 41.3. The molecule has 0 aliphatic rings. The summed E-state index contributed by atoms with van der Waals surface area (Å²) >= 11 is 0. The van der Waals surface area contributed by atoms with Crippen LogP contribution in [0, 0.1) is 0 Å². The van der Waals surface area contributed by atoms with Crippen LogP contribution in [0.5, 0.6) is 0 Å². The molecule has 11 nitrogen and oxygen atoms in total. The summed E-state index contributed by atoms with van der Waals surface area (Å²) in [6.07, 6.45) is 47.8. The molecule has 0 rings (SSSR count). The van der Waals surface area contributed by atoms with Crippen molar-refractivity contribution in [1.29, 1.82) is 0 Å². The minimum atomic E-state index is -4.45. The van der Waals surface area contributed by atoms with E-state index in [0.29, 0.717) is 38.5 Å². The highest BCUT2D eigenvalue weighted by Gasteiger charge is 2.25. The Kier molecular flexibility index (Phi) is 38.9. The second-order valence-corrected chi connectivity index (χ2v) is 15.3. The normalized spacial score (nSPS) is 15.4.